The van der Waals surface area contributed by atoms with Crippen molar-refractivity contribution in [1.29, 1.82) is 0 Å². The maximum absolute atomic E-state index is 6.65. The predicted octanol–water partition coefficient (Wildman–Crippen LogP) is 6.53. The summed E-state index contributed by atoms with van der Waals surface area (Å²) < 4.78 is 6.65. The Bertz CT molecular complexity index is 1300. The molecule has 0 unspecified atom stereocenters. The number of allylic oxidation sites excluding steroid dienone is 2. The normalized spacial score (nSPS) is 16.1. The first-order chi connectivity index (χ1) is 17.2. The van der Waals surface area contributed by atoms with E-state index in [1.165, 1.54) is 22.3 Å². The lowest BCUT2D eigenvalue weighted by molar-refractivity contribution is 0.222. The van der Waals surface area contributed by atoms with Gasteiger partial charge in [-0.15, -0.1) is 0 Å². The zero-order valence-corrected chi connectivity index (χ0v) is 24.7. The van der Waals surface area contributed by atoms with E-state index in [0.29, 0.717) is 5.92 Å². The van der Waals surface area contributed by atoms with E-state index in [-0.39, 0.29) is 16.2 Å². The van der Waals surface area contributed by atoms with E-state index < -0.39 is 0 Å². The summed E-state index contributed by atoms with van der Waals surface area (Å²) in [5.74, 6) is 8.06. The van der Waals surface area contributed by atoms with E-state index in [1.807, 2.05) is 13.0 Å². The van der Waals surface area contributed by atoms with Crippen LogP contribution in [0.15, 0.2) is 46.9 Å². The van der Waals surface area contributed by atoms with Crippen molar-refractivity contribution in [3.05, 3.63) is 69.1 Å². The minimum Gasteiger partial charge on any atom is -0.461 e. The van der Waals surface area contributed by atoms with Gasteiger partial charge < -0.3 is 10.6 Å². The topological polar surface area (TPSA) is 60.5 Å². The largest absolute Gasteiger partial charge is 0.461 e. The minimum atomic E-state index is -0.0992. The van der Waals surface area contributed by atoms with Crippen LogP contribution in [0.2, 0.25) is 0 Å². The number of rotatable bonds is 7. The number of pyridine rings is 1. The van der Waals surface area contributed by atoms with E-state index in [9.17, 15) is 0 Å². The molecule has 1 aromatic heterocycles. The maximum atomic E-state index is 6.65. The molecule has 1 aliphatic rings. The summed E-state index contributed by atoms with van der Waals surface area (Å²) >= 11 is 0. The quantitative estimate of drug-likeness (QED) is 0.266. The van der Waals surface area contributed by atoms with Crippen molar-refractivity contribution < 1.29 is 4.74 Å². The Morgan fingerprint density at radius 2 is 1.68 bits per heavy atom. The fraction of sp³-hybridized carbons (Fsp3) is 0.515. The van der Waals surface area contributed by atoms with Gasteiger partial charge in [0, 0.05) is 29.5 Å². The first-order valence-corrected chi connectivity index (χ1v) is 13.6. The third-order valence-corrected chi connectivity index (χ3v) is 7.77. The number of hydrogen-bond acceptors (Lipinski definition) is 4. The molecular weight excluding hydrogens is 454 g/mol. The van der Waals surface area contributed by atoms with E-state index in [2.05, 4.69) is 104 Å². The number of ether oxygens (including phenoxy) is 1. The molecule has 2 N–H and O–H groups in total. The number of fused-ring (bicyclic) bond motifs is 1. The highest BCUT2D eigenvalue weighted by molar-refractivity contribution is 5.91. The molecular formula is C33H47N3O. The molecule has 0 atom stereocenters. The van der Waals surface area contributed by atoms with Crippen molar-refractivity contribution in [3.63, 3.8) is 0 Å². The number of hydrazone groups is 1. The number of nitrogens with zero attached hydrogens (tertiary/aromatic N) is 2. The molecule has 0 aliphatic carbocycles. The van der Waals surface area contributed by atoms with Gasteiger partial charge in [0.15, 0.2) is 0 Å². The second-order valence-corrected chi connectivity index (χ2v) is 13.0. The van der Waals surface area contributed by atoms with Gasteiger partial charge in [-0.3, -0.25) is 4.98 Å². The Kier molecular flexibility index (Phi) is 8.41. The molecule has 3 rings (SSSR count). The highest BCUT2D eigenvalue weighted by Gasteiger charge is 2.36. The Morgan fingerprint density at radius 3 is 2.27 bits per heavy atom. The maximum Gasteiger partial charge on any atom is 0.130 e. The SMILES string of the molecule is C/C=c1/ncc(C(C)(C)CCC(C)(C)C2=C(C(C)C)Cc3ccccc3O2)c(C(C)(C)C)/c1=C/C=N\N. The second-order valence-electron chi connectivity index (χ2n) is 13.0. The van der Waals surface area contributed by atoms with Crippen LogP contribution in [0.25, 0.3) is 12.2 Å². The van der Waals surface area contributed by atoms with Crippen LogP contribution in [0.5, 0.6) is 5.75 Å². The monoisotopic (exact) mass is 501 g/mol. The molecule has 0 amide bonds. The molecule has 0 spiro atoms. The molecule has 0 bridgehead atoms. The molecule has 2 aromatic rings. The van der Waals surface area contributed by atoms with Crippen molar-refractivity contribution in [3.8, 4) is 5.75 Å². The third kappa shape index (κ3) is 6.17. The zero-order chi connectivity index (χ0) is 27.6. The molecule has 0 radical (unpaired) electrons. The second kappa shape index (κ2) is 10.8. The van der Waals surface area contributed by atoms with Crippen molar-refractivity contribution in [1.82, 2.24) is 4.98 Å². The highest BCUT2D eigenvalue weighted by Crippen LogP contribution is 2.45. The van der Waals surface area contributed by atoms with Crippen molar-refractivity contribution in [2.75, 3.05) is 0 Å². The van der Waals surface area contributed by atoms with Gasteiger partial charge in [-0.2, -0.15) is 5.10 Å². The lowest BCUT2D eigenvalue weighted by Crippen LogP contribution is -2.41. The van der Waals surface area contributed by atoms with Crippen LogP contribution in [-0.2, 0) is 17.3 Å². The average Bonchev–Trinajstić information content (AvgIpc) is 2.84. The molecule has 4 heteroatoms. The predicted molar refractivity (Wildman–Crippen MR) is 158 cm³/mol. The Labute approximate surface area is 224 Å². The van der Waals surface area contributed by atoms with Crippen molar-refractivity contribution >= 4 is 18.4 Å². The smallest absolute Gasteiger partial charge is 0.130 e. The lowest BCUT2D eigenvalue weighted by atomic mass is 9.69. The van der Waals surface area contributed by atoms with Gasteiger partial charge in [-0.1, -0.05) is 86.6 Å². The number of aromatic nitrogens is 1. The van der Waals surface area contributed by atoms with Gasteiger partial charge in [0.25, 0.3) is 0 Å². The summed E-state index contributed by atoms with van der Waals surface area (Å²) in [7, 11) is 0. The summed E-state index contributed by atoms with van der Waals surface area (Å²) in [5, 5.41) is 5.80. The molecule has 200 valence electrons. The van der Waals surface area contributed by atoms with Gasteiger partial charge in [-0.25, -0.2) is 0 Å². The summed E-state index contributed by atoms with van der Waals surface area (Å²) in [4.78, 5) is 4.86. The van der Waals surface area contributed by atoms with E-state index in [1.54, 1.807) is 6.21 Å². The summed E-state index contributed by atoms with van der Waals surface area (Å²) in [6.07, 6.45) is 10.8. The van der Waals surface area contributed by atoms with E-state index in [4.69, 9.17) is 15.6 Å². The van der Waals surface area contributed by atoms with Gasteiger partial charge in [0.2, 0.25) is 0 Å². The Hall–Kier alpha value is -2.88. The third-order valence-electron chi connectivity index (χ3n) is 7.77. The number of benzene rings is 1. The van der Waals surface area contributed by atoms with Crippen LogP contribution >= 0.6 is 0 Å². The molecule has 4 nitrogen and oxygen atoms in total. The van der Waals surface area contributed by atoms with Crippen LogP contribution in [0, 0.1) is 11.3 Å². The molecule has 0 fully saturated rings. The average molecular weight is 502 g/mol. The van der Waals surface area contributed by atoms with E-state index in [0.717, 1.165) is 41.3 Å². The van der Waals surface area contributed by atoms with Crippen LogP contribution in [-0.4, -0.2) is 11.2 Å². The molecule has 37 heavy (non-hydrogen) atoms. The lowest BCUT2D eigenvalue weighted by Gasteiger charge is -2.38. The van der Waals surface area contributed by atoms with Crippen LogP contribution in [0.4, 0.5) is 0 Å². The number of nitrogens with two attached hydrogens (primary N) is 1. The van der Waals surface area contributed by atoms with Gasteiger partial charge in [0.1, 0.15) is 11.5 Å². The summed E-state index contributed by atoms with van der Waals surface area (Å²) in [6.45, 7) is 22.8. The fourth-order valence-electron chi connectivity index (χ4n) is 5.50. The molecule has 2 heterocycles. The van der Waals surface area contributed by atoms with Crippen LogP contribution < -0.4 is 21.1 Å². The van der Waals surface area contributed by atoms with Crippen LogP contribution in [0.3, 0.4) is 0 Å². The fourth-order valence-corrected chi connectivity index (χ4v) is 5.50. The van der Waals surface area contributed by atoms with Crippen molar-refractivity contribution in [2.24, 2.45) is 22.3 Å². The van der Waals surface area contributed by atoms with E-state index >= 15 is 0 Å². The number of hydrogen-bond donors (Lipinski definition) is 1. The zero-order valence-electron chi connectivity index (χ0n) is 24.7. The Morgan fingerprint density at radius 1 is 1.03 bits per heavy atom. The van der Waals surface area contributed by atoms with Crippen LogP contribution in [0.1, 0.15) is 98.8 Å². The van der Waals surface area contributed by atoms with Gasteiger partial charge in [-0.05, 0) is 70.9 Å². The van der Waals surface area contributed by atoms with Crippen molar-refractivity contribution in [2.45, 2.75) is 99.3 Å². The Balaban J connectivity index is 2.04. The highest BCUT2D eigenvalue weighted by atomic mass is 16.5. The molecule has 1 aromatic carbocycles. The summed E-state index contributed by atoms with van der Waals surface area (Å²) in [6, 6.07) is 8.46. The standard InChI is InChI=1S/C33H47N3O/c1-11-27-24(16-19-36-34)29(31(4,5)6)26(21-35-27)32(7,8)17-18-33(9,10)30-25(22(2)3)20-23-14-12-13-15-28(23)37-30/h11-16,19,21-22H,17-18,20,34H2,1-10H3/b24-16+,27-11+,36-19-. The molecule has 1 aliphatic heterocycles. The first-order valence-electron chi connectivity index (χ1n) is 13.6. The molecule has 0 saturated carbocycles. The summed E-state index contributed by atoms with van der Waals surface area (Å²) in [5.41, 5.74) is 5.03. The van der Waals surface area contributed by atoms with Gasteiger partial charge >= 0.3 is 0 Å². The molecule has 0 saturated heterocycles. The minimum absolute atomic E-state index is 0.0688. The number of para-hydroxylation sites is 1. The first kappa shape index (κ1) is 28.7. The van der Waals surface area contributed by atoms with Gasteiger partial charge in [0.05, 0.1) is 5.35 Å².